The molecule has 25 heavy (non-hydrogen) atoms. The maximum Gasteiger partial charge on any atom is 0.270 e. The summed E-state index contributed by atoms with van der Waals surface area (Å²) in [6.07, 6.45) is 3.05. The molecular weight excluding hydrogens is 320 g/mol. The Bertz CT molecular complexity index is 823. The average molecular weight is 340 g/mol. The average Bonchev–Trinajstić information content (AvgIpc) is 3.02. The fraction of sp³-hybridized carbons (Fsp3) is 0.412. The van der Waals surface area contributed by atoms with Crippen molar-refractivity contribution < 1.29 is 9.53 Å². The SMILES string of the molecule is CN(C)c1nccc([C@H]2CN(C(=O)c3cc(C#N)cn3C)CCO2)n1. The van der Waals surface area contributed by atoms with Gasteiger partial charge in [0.15, 0.2) is 0 Å². The van der Waals surface area contributed by atoms with Crippen LogP contribution in [0.1, 0.15) is 27.8 Å². The van der Waals surface area contributed by atoms with Crippen molar-refractivity contribution in [1.29, 1.82) is 5.26 Å². The number of aromatic nitrogens is 3. The van der Waals surface area contributed by atoms with Gasteiger partial charge < -0.3 is 19.1 Å². The standard InChI is InChI=1S/C17H20N6O2/c1-21(2)17-19-5-4-13(20-17)15-11-23(6-7-25-15)16(24)14-8-12(9-18)10-22(14)3/h4-5,8,10,15H,6-7,11H2,1-3H3/t15-/m1/s1. The zero-order valence-electron chi connectivity index (χ0n) is 14.5. The number of rotatable bonds is 3. The number of amides is 1. The van der Waals surface area contributed by atoms with Crippen molar-refractivity contribution in [3.8, 4) is 6.07 Å². The highest BCUT2D eigenvalue weighted by molar-refractivity contribution is 5.93. The third-order valence-corrected chi connectivity index (χ3v) is 4.10. The van der Waals surface area contributed by atoms with E-state index in [0.29, 0.717) is 36.9 Å². The monoisotopic (exact) mass is 340 g/mol. The molecule has 8 nitrogen and oxygen atoms in total. The van der Waals surface area contributed by atoms with Crippen molar-refractivity contribution in [2.24, 2.45) is 7.05 Å². The second kappa shape index (κ2) is 6.91. The summed E-state index contributed by atoms with van der Waals surface area (Å²) in [5, 5.41) is 9.00. The molecule has 0 aliphatic carbocycles. The number of hydrogen-bond donors (Lipinski definition) is 0. The minimum Gasteiger partial charge on any atom is -0.368 e. The molecule has 2 aromatic heterocycles. The molecule has 1 fully saturated rings. The first kappa shape index (κ1) is 16.9. The van der Waals surface area contributed by atoms with Crippen LogP contribution < -0.4 is 4.90 Å². The fourth-order valence-electron chi connectivity index (χ4n) is 2.77. The molecule has 0 bridgehead atoms. The van der Waals surface area contributed by atoms with Crippen LogP contribution in [0.2, 0.25) is 0 Å². The molecular formula is C17H20N6O2. The summed E-state index contributed by atoms with van der Waals surface area (Å²) in [5.74, 6) is 0.491. The van der Waals surface area contributed by atoms with Gasteiger partial charge in [-0.25, -0.2) is 9.97 Å². The number of nitrogens with zero attached hydrogens (tertiary/aromatic N) is 6. The Labute approximate surface area is 146 Å². The minimum absolute atomic E-state index is 0.112. The Morgan fingerprint density at radius 1 is 1.48 bits per heavy atom. The smallest absolute Gasteiger partial charge is 0.270 e. The van der Waals surface area contributed by atoms with Gasteiger partial charge >= 0.3 is 0 Å². The molecule has 0 unspecified atom stereocenters. The first-order valence-electron chi connectivity index (χ1n) is 7.97. The van der Waals surface area contributed by atoms with Gasteiger partial charge in [0.25, 0.3) is 5.91 Å². The molecule has 130 valence electrons. The first-order valence-corrected chi connectivity index (χ1v) is 7.97. The molecule has 3 heterocycles. The number of anilines is 1. The molecule has 1 aliphatic rings. The predicted molar refractivity (Wildman–Crippen MR) is 91.1 cm³/mol. The maximum atomic E-state index is 12.8. The Kier molecular flexibility index (Phi) is 4.67. The van der Waals surface area contributed by atoms with Gasteiger partial charge in [-0.1, -0.05) is 0 Å². The summed E-state index contributed by atoms with van der Waals surface area (Å²) in [7, 11) is 5.51. The molecule has 3 rings (SSSR count). The van der Waals surface area contributed by atoms with E-state index in [-0.39, 0.29) is 12.0 Å². The van der Waals surface area contributed by atoms with Crippen molar-refractivity contribution >= 4 is 11.9 Å². The fourth-order valence-corrected chi connectivity index (χ4v) is 2.77. The third kappa shape index (κ3) is 3.46. The second-order valence-corrected chi connectivity index (χ2v) is 6.12. The van der Waals surface area contributed by atoms with Crippen LogP contribution in [0.4, 0.5) is 5.95 Å². The van der Waals surface area contributed by atoms with Crippen molar-refractivity contribution in [2.75, 3.05) is 38.7 Å². The first-order chi connectivity index (χ1) is 12.0. The van der Waals surface area contributed by atoms with Crippen LogP contribution in [0.15, 0.2) is 24.5 Å². The number of ether oxygens (including phenoxy) is 1. The van der Waals surface area contributed by atoms with Gasteiger partial charge in [-0.2, -0.15) is 5.26 Å². The van der Waals surface area contributed by atoms with Crippen molar-refractivity contribution in [2.45, 2.75) is 6.10 Å². The van der Waals surface area contributed by atoms with Gasteiger partial charge in [0.1, 0.15) is 17.9 Å². The lowest BCUT2D eigenvalue weighted by Gasteiger charge is -2.32. The van der Waals surface area contributed by atoms with Crippen LogP contribution in [0.5, 0.6) is 0 Å². The summed E-state index contributed by atoms with van der Waals surface area (Å²) in [6.45, 7) is 1.36. The number of carbonyl (C=O) groups is 1. The summed E-state index contributed by atoms with van der Waals surface area (Å²) in [6, 6.07) is 5.48. The lowest BCUT2D eigenvalue weighted by atomic mass is 10.2. The van der Waals surface area contributed by atoms with E-state index < -0.39 is 0 Å². The van der Waals surface area contributed by atoms with Crippen LogP contribution in [-0.2, 0) is 11.8 Å². The van der Waals surface area contributed by atoms with Crippen LogP contribution >= 0.6 is 0 Å². The molecule has 8 heteroatoms. The van der Waals surface area contributed by atoms with Gasteiger partial charge in [-0.15, -0.1) is 0 Å². The molecule has 1 aliphatic heterocycles. The molecule has 0 saturated carbocycles. The Morgan fingerprint density at radius 3 is 2.96 bits per heavy atom. The highest BCUT2D eigenvalue weighted by atomic mass is 16.5. The second-order valence-electron chi connectivity index (χ2n) is 6.12. The van der Waals surface area contributed by atoms with E-state index in [1.165, 1.54) is 0 Å². The largest absolute Gasteiger partial charge is 0.368 e. The van der Waals surface area contributed by atoms with Gasteiger partial charge in [0.05, 0.1) is 24.4 Å². The normalized spacial score (nSPS) is 17.2. The molecule has 1 saturated heterocycles. The van der Waals surface area contributed by atoms with Gasteiger partial charge in [0.2, 0.25) is 5.95 Å². The topological polar surface area (TPSA) is 87.3 Å². The lowest BCUT2D eigenvalue weighted by Crippen LogP contribution is -2.43. The highest BCUT2D eigenvalue weighted by Gasteiger charge is 2.28. The third-order valence-electron chi connectivity index (χ3n) is 4.10. The molecule has 1 amide bonds. The number of hydrogen-bond acceptors (Lipinski definition) is 6. The van der Waals surface area contributed by atoms with E-state index in [0.717, 1.165) is 5.69 Å². The van der Waals surface area contributed by atoms with Gasteiger partial charge in [-0.05, 0) is 12.1 Å². The van der Waals surface area contributed by atoms with Gasteiger partial charge in [-0.3, -0.25) is 4.79 Å². The quantitative estimate of drug-likeness (QED) is 0.827. The zero-order valence-corrected chi connectivity index (χ0v) is 14.5. The Morgan fingerprint density at radius 2 is 2.28 bits per heavy atom. The van der Waals surface area contributed by atoms with E-state index in [2.05, 4.69) is 16.0 Å². The summed E-state index contributed by atoms with van der Waals surface area (Å²) >= 11 is 0. The van der Waals surface area contributed by atoms with Crippen LogP contribution in [-0.4, -0.2) is 59.1 Å². The molecule has 2 aromatic rings. The molecule has 1 atom stereocenters. The predicted octanol–water partition coefficient (Wildman–Crippen LogP) is 0.966. The summed E-state index contributed by atoms with van der Waals surface area (Å²) in [4.78, 5) is 25.1. The van der Waals surface area contributed by atoms with Crippen LogP contribution in [0.3, 0.4) is 0 Å². The van der Waals surface area contributed by atoms with E-state index in [4.69, 9.17) is 10.00 Å². The lowest BCUT2D eigenvalue weighted by molar-refractivity contribution is -0.0250. The van der Waals surface area contributed by atoms with Crippen molar-refractivity contribution in [3.63, 3.8) is 0 Å². The molecule has 0 spiro atoms. The van der Waals surface area contributed by atoms with E-state index >= 15 is 0 Å². The highest BCUT2D eigenvalue weighted by Crippen LogP contribution is 2.23. The van der Waals surface area contributed by atoms with Crippen LogP contribution in [0.25, 0.3) is 0 Å². The number of carbonyl (C=O) groups excluding carboxylic acids is 1. The number of nitriles is 1. The zero-order chi connectivity index (χ0) is 18.0. The molecule has 0 N–H and O–H groups in total. The van der Waals surface area contributed by atoms with Gasteiger partial charge in [0, 0.05) is 40.1 Å². The summed E-state index contributed by atoms with van der Waals surface area (Å²) in [5.41, 5.74) is 1.72. The Balaban J connectivity index is 1.79. The van der Waals surface area contributed by atoms with E-state index in [9.17, 15) is 4.79 Å². The maximum absolute atomic E-state index is 12.8. The molecule has 0 radical (unpaired) electrons. The number of aryl methyl sites for hydroxylation is 1. The number of morpholine rings is 1. The summed E-state index contributed by atoms with van der Waals surface area (Å²) < 4.78 is 7.49. The van der Waals surface area contributed by atoms with Crippen LogP contribution in [0, 0.1) is 11.3 Å². The van der Waals surface area contributed by atoms with E-state index in [1.807, 2.05) is 25.1 Å². The Hall–Kier alpha value is -2.92. The van der Waals surface area contributed by atoms with Crippen molar-refractivity contribution in [1.82, 2.24) is 19.4 Å². The van der Waals surface area contributed by atoms with Crippen molar-refractivity contribution in [3.05, 3.63) is 41.5 Å². The molecule has 0 aromatic carbocycles. The minimum atomic E-state index is -0.296. The van der Waals surface area contributed by atoms with E-state index in [1.54, 1.807) is 35.0 Å².